The van der Waals surface area contributed by atoms with Gasteiger partial charge in [-0.2, -0.15) is 0 Å². The predicted molar refractivity (Wildman–Crippen MR) is 75.0 cm³/mol. The maximum absolute atomic E-state index is 11.3. The molecule has 18 heavy (non-hydrogen) atoms. The molecule has 0 aliphatic carbocycles. The number of anilines is 1. The van der Waals surface area contributed by atoms with Gasteiger partial charge in [0.05, 0.1) is 18.0 Å². The molecule has 0 bridgehead atoms. The summed E-state index contributed by atoms with van der Waals surface area (Å²) in [5, 5.41) is 3.21. The third-order valence-electron chi connectivity index (χ3n) is 2.57. The van der Waals surface area contributed by atoms with Gasteiger partial charge in [-0.1, -0.05) is 19.1 Å². The van der Waals surface area contributed by atoms with Crippen molar-refractivity contribution in [3.63, 3.8) is 0 Å². The first kappa shape index (κ1) is 14.8. The van der Waals surface area contributed by atoms with E-state index < -0.39 is 9.84 Å². The first-order valence-corrected chi connectivity index (χ1v) is 8.07. The second kappa shape index (κ2) is 7.26. The molecule has 0 aromatic heterocycles. The average molecular weight is 271 g/mol. The van der Waals surface area contributed by atoms with Gasteiger partial charge in [0, 0.05) is 12.3 Å². The molecule has 0 unspecified atom stereocenters. The predicted octanol–water partition coefficient (Wildman–Crippen LogP) is 2.32. The fraction of sp³-hybridized carbons (Fsp3) is 0.538. The Morgan fingerprint density at radius 3 is 2.61 bits per heavy atom. The first-order chi connectivity index (χ1) is 8.59. The number of rotatable bonds is 8. The lowest BCUT2D eigenvalue weighted by atomic mass is 10.3. The zero-order valence-electron chi connectivity index (χ0n) is 11.0. The van der Waals surface area contributed by atoms with Crippen LogP contribution in [-0.2, 0) is 9.84 Å². The van der Waals surface area contributed by atoms with E-state index in [2.05, 4.69) is 5.32 Å². The molecule has 1 aromatic rings. The van der Waals surface area contributed by atoms with Crippen molar-refractivity contribution >= 4 is 15.5 Å². The monoisotopic (exact) mass is 271 g/mol. The number of nitrogens with one attached hydrogen (secondary N) is 1. The molecule has 1 N–H and O–H groups in total. The highest BCUT2D eigenvalue weighted by Crippen LogP contribution is 2.23. The summed E-state index contributed by atoms with van der Waals surface area (Å²) < 4.78 is 28.1. The highest BCUT2D eigenvalue weighted by molar-refractivity contribution is 7.91. The lowest BCUT2D eigenvalue weighted by molar-refractivity contribution is 0.341. The van der Waals surface area contributed by atoms with Crippen LogP contribution in [0.15, 0.2) is 24.3 Å². The lowest BCUT2D eigenvalue weighted by Gasteiger charge is -2.11. The van der Waals surface area contributed by atoms with Crippen molar-refractivity contribution in [2.75, 3.05) is 30.0 Å². The molecule has 1 rings (SSSR count). The molecule has 0 aliphatic heterocycles. The largest absolute Gasteiger partial charge is 0.492 e. The number of hydrogen-bond donors (Lipinski definition) is 1. The van der Waals surface area contributed by atoms with Crippen LogP contribution in [0.25, 0.3) is 0 Å². The zero-order valence-corrected chi connectivity index (χ0v) is 11.8. The van der Waals surface area contributed by atoms with E-state index in [1.165, 1.54) is 0 Å². The van der Waals surface area contributed by atoms with Gasteiger partial charge in [-0.05, 0) is 25.5 Å². The molecule has 0 atom stereocenters. The van der Waals surface area contributed by atoms with Crippen molar-refractivity contribution in [1.82, 2.24) is 0 Å². The van der Waals surface area contributed by atoms with Crippen molar-refractivity contribution in [3.8, 4) is 5.75 Å². The van der Waals surface area contributed by atoms with E-state index in [4.69, 9.17) is 4.74 Å². The third-order valence-corrected chi connectivity index (χ3v) is 4.36. The van der Waals surface area contributed by atoms with Crippen molar-refractivity contribution in [1.29, 1.82) is 0 Å². The molecule has 5 heteroatoms. The topological polar surface area (TPSA) is 55.4 Å². The van der Waals surface area contributed by atoms with Crippen LogP contribution in [0.1, 0.15) is 20.3 Å². The normalized spacial score (nSPS) is 11.2. The Morgan fingerprint density at radius 1 is 1.22 bits per heavy atom. The minimum Gasteiger partial charge on any atom is -0.492 e. The molecule has 0 radical (unpaired) electrons. The van der Waals surface area contributed by atoms with Crippen molar-refractivity contribution in [2.24, 2.45) is 0 Å². The minimum absolute atomic E-state index is 0.211. The summed E-state index contributed by atoms with van der Waals surface area (Å²) in [4.78, 5) is 0. The van der Waals surface area contributed by atoms with Crippen LogP contribution in [-0.4, -0.2) is 33.1 Å². The summed E-state index contributed by atoms with van der Waals surface area (Å²) >= 11 is 0. The van der Waals surface area contributed by atoms with Crippen LogP contribution < -0.4 is 10.1 Å². The molecular weight excluding hydrogens is 250 g/mol. The van der Waals surface area contributed by atoms with Crippen LogP contribution in [0.3, 0.4) is 0 Å². The molecule has 1 aromatic carbocycles. The molecule has 0 amide bonds. The maximum Gasteiger partial charge on any atom is 0.150 e. The quantitative estimate of drug-likeness (QED) is 0.737. The molecule has 4 nitrogen and oxygen atoms in total. The van der Waals surface area contributed by atoms with Gasteiger partial charge in [-0.15, -0.1) is 0 Å². The van der Waals surface area contributed by atoms with Crippen molar-refractivity contribution < 1.29 is 13.2 Å². The Kier molecular flexibility index (Phi) is 5.98. The van der Waals surface area contributed by atoms with Crippen molar-refractivity contribution in [2.45, 2.75) is 20.3 Å². The molecule has 102 valence electrons. The Labute approximate surface area is 109 Å². The minimum atomic E-state index is -2.87. The maximum atomic E-state index is 11.3. The van der Waals surface area contributed by atoms with Crippen LogP contribution in [0, 0.1) is 0 Å². The SMILES string of the molecule is CCOc1ccccc1NCCCS(=O)(=O)CC. The van der Waals surface area contributed by atoms with Gasteiger partial charge in [0.1, 0.15) is 15.6 Å². The summed E-state index contributed by atoms with van der Waals surface area (Å²) in [5.41, 5.74) is 0.910. The molecule has 0 fully saturated rings. The number of para-hydroxylation sites is 2. The number of ether oxygens (including phenoxy) is 1. The first-order valence-electron chi connectivity index (χ1n) is 6.25. The van der Waals surface area contributed by atoms with Crippen LogP contribution in [0.5, 0.6) is 5.75 Å². The number of benzene rings is 1. The van der Waals surface area contributed by atoms with Crippen LogP contribution in [0.2, 0.25) is 0 Å². The Bertz CT molecular complexity index is 457. The highest BCUT2D eigenvalue weighted by atomic mass is 32.2. The number of sulfone groups is 1. The van der Waals surface area contributed by atoms with Gasteiger partial charge in [-0.25, -0.2) is 8.42 Å². The second-order valence-corrected chi connectivity index (χ2v) is 6.42. The van der Waals surface area contributed by atoms with E-state index in [0.29, 0.717) is 19.6 Å². The summed E-state index contributed by atoms with van der Waals surface area (Å²) in [5.74, 6) is 1.24. The van der Waals surface area contributed by atoms with E-state index in [-0.39, 0.29) is 11.5 Å². The van der Waals surface area contributed by atoms with E-state index in [1.54, 1.807) is 6.92 Å². The van der Waals surface area contributed by atoms with Gasteiger partial charge in [0.25, 0.3) is 0 Å². The second-order valence-electron chi connectivity index (χ2n) is 3.95. The molecular formula is C13H21NO3S. The highest BCUT2D eigenvalue weighted by Gasteiger charge is 2.07. The fourth-order valence-corrected chi connectivity index (χ4v) is 2.43. The van der Waals surface area contributed by atoms with Gasteiger partial charge in [0.2, 0.25) is 0 Å². The summed E-state index contributed by atoms with van der Waals surface area (Å²) in [7, 11) is -2.87. The van der Waals surface area contributed by atoms with Gasteiger partial charge < -0.3 is 10.1 Å². The fourth-order valence-electron chi connectivity index (χ4n) is 1.55. The molecule has 0 spiro atoms. The van der Waals surface area contributed by atoms with Gasteiger partial charge in [-0.3, -0.25) is 0 Å². The standard InChI is InChI=1S/C13H21NO3S/c1-3-17-13-9-6-5-8-12(13)14-10-7-11-18(15,16)4-2/h5-6,8-9,14H,3-4,7,10-11H2,1-2H3. The van der Waals surface area contributed by atoms with E-state index in [9.17, 15) is 8.42 Å². The summed E-state index contributed by atoms with van der Waals surface area (Å²) in [6.07, 6.45) is 0.608. The molecule has 0 saturated heterocycles. The Balaban J connectivity index is 2.44. The third kappa shape index (κ3) is 4.96. The smallest absolute Gasteiger partial charge is 0.150 e. The van der Waals surface area contributed by atoms with Gasteiger partial charge >= 0.3 is 0 Å². The van der Waals surface area contributed by atoms with E-state index >= 15 is 0 Å². The molecule has 0 aliphatic rings. The number of hydrogen-bond acceptors (Lipinski definition) is 4. The van der Waals surface area contributed by atoms with Gasteiger partial charge in [0.15, 0.2) is 0 Å². The van der Waals surface area contributed by atoms with E-state index in [1.807, 2.05) is 31.2 Å². The summed E-state index contributed by atoms with van der Waals surface area (Å²) in [6.45, 7) is 4.85. The Morgan fingerprint density at radius 2 is 1.94 bits per heavy atom. The molecule has 0 saturated carbocycles. The Hall–Kier alpha value is -1.23. The van der Waals surface area contributed by atoms with E-state index in [0.717, 1.165) is 11.4 Å². The van der Waals surface area contributed by atoms with Crippen LogP contribution in [0.4, 0.5) is 5.69 Å². The van der Waals surface area contributed by atoms with Crippen molar-refractivity contribution in [3.05, 3.63) is 24.3 Å². The summed E-state index contributed by atoms with van der Waals surface area (Å²) in [6, 6.07) is 7.67. The lowest BCUT2D eigenvalue weighted by Crippen LogP contribution is -2.13. The van der Waals surface area contributed by atoms with Crippen LogP contribution >= 0.6 is 0 Å². The zero-order chi connectivity index (χ0) is 13.4. The average Bonchev–Trinajstić information content (AvgIpc) is 2.37. The molecule has 0 heterocycles.